The van der Waals surface area contributed by atoms with E-state index in [-0.39, 0.29) is 59.9 Å². The predicted molar refractivity (Wildman–Crippen MR) is 252 cm³/mol. The number of phenolic OH excluding ortho intramolecular Hbond substituents is 1. The molecule has 4 aliphatic heterocycles. The molecule has 3 unspecified atom stereocenters. The number of aliphatic hydroxyl groups is 1. The molecule has 1 aromatic heterocycles. The average Bonchev–Trinajstić information content (AvgIpc) is 4.07. The smallest absolute Gasteiger partial charge is 0.305 e. The van der Waals surface area contributed by atoms with Gasteiger partial charge in [-0.25, -0.2) is 0 Å². The van der Waals surface area contributed by atoms with Gasteiger partial charge in [-0.1, -0.05) is 44.8 Å². The minimum Gasteiger partial charge on any atom is -0.508 e. The molecule has 3 saturated carbocycles. The molecule has 334 valence electrons. The van der Waals surface area contributed by atoms with Gasteiger partial charge in [-0.3, -0.25) is 24.6 Å². The molecule has 0 spiro atoms. The molecule has 9 nitrogen and oxygen atoms in total. The Balaban J connectivity index is 0.837. The Morgan fingerprint density at radius 3 is 2.72 bits per heavy atom. The fraction of sp³-hybridized carbons (Fsp3) is 0.545. The topological polar surface area (TPSA) is 137 Å². The molecule has 3 fully saturated rings. The van der Waals surface area contributed by atoms with Gasteiger partial charge in [0.25, 0.3) is 0 Å². The SMILES string of the molecule is C=CC1C2=NC(=C1C)C=C1N=C(C3CC(=O)C4=C(C)C(=NC43)Cc3[nH]c(c(C)c3CC)C2)[C@@H](CCC(=O)OCCC#C[C@]2(O)CC[C@H]3[C@@H]4CCc5cc(O)ccc5[C@H]4CC[C@@]32C)[C@@H]1C. The summed E-state index contributed by atoms with van der Waals surface area (Å²) in [5.41, 5.74) is 14.0. The van der Waals surface area contributed by atoms with Crippen LogP contribution in [-0.2, 0) is 40.0 Å². The second-order valence-corrected chi connectivity index (χ2v) is 20.5. The van der Waals surface area contributed by atoms with Crippen molar-refractivity contribution in [2.45, 2.75) is 143 Å². The number of allylic oxidation sites excluding steroid dienone is 5. The van der Waals surface area contributed by atoms with Crippen LogP contribution >= 0.6 is 0 Å². The van der Waals surface area contributed by atoms with Crippen LogP contribution in [0.25, 0.3) is 0 Å². The number of aryl methyl sites for hydroxylation is 1. The normalized spacial score (nSPS) is 33.5. The van der Waals surface area contributed by atoms with Crippen LogP contribution in [0.1, 0.15) is 132 Å². The summed E-state index contributed by atoms with van der Waals surface area (Å²) in [6.45, 7) is 17.4. The number of Topliss-reactive ketones (excluding diaryl/α,β-unsaturated/α-hetero) is 1. The summed E-state index contributed by atoms with van der Waals surface area (Å²) in [6, 6.07) is 5.60. The summed E-state index contributed by atoms with van der Waals surface area (Å²) in [7, 11) is 0. The van der Waals surface area contributed by atoms with E-state index in [1.54, 1.807) is 0 Å². The van der Waals surface area contributed by atoms with Crippen molar-refractivity contribution in [3.05, 3.63) is 98.7 Å². The molecule has 0 saturated heterocycles. The van der Waals surface area contributed by atoms with Crippen molar-refractivity contribution in [2.75, 3.05) is 6.61 Å². The summed E-state index contributed by atoms with van der Waals surface area (Å²) in [5.74, 6) is 7.94. The van der Waals surface area contributed by atoms with E-state index in [1.807, 2.05) is 18.2 Å². The summed E-state index contributed by atoms with van der Waals surface area (Å²) in [4.78, 5) is 47.0. The van der Waals surface area contributed by atoms with Crippen LogP contribution in [0, 0.1) is 59.7 Å². The summed E-state index contributed by atoms with van der Waals surface area (Å²) in [6.07, 6.45) is 13.5. The molecular formula is C55H64N4O5. The van der Waals surface area contributed by atoms with Gasteiger partial charge in [0.15, 0.2) is 5.78 Å². The molecule has 8 aliphatic rings. The molecule has 1 aromatic carbocycles. The highest BCUT2D eigenvalue weighted by Crippen LogP contribution is 2.64. The number of rotatable bonds is 7. The Labute approximate surface area is 378 Å². The van der Waals surface area contributed by atoms with Crippen molar-refractivity contribution in [2.24, 2.45) is 55.9 Å². The number of H-pyrrole nitrogens is 1. The quantitative estimate of drug-likeness (QED) is 0.110. The van der Waals surface area contributed by atoms with Gasteiger partial charge in [-0.05, 0) is 142 Å². The second kappa shape index (κ2) is 16.1. The summed E-state index contributed by atoms with van der Waals surface area (Å²) >= 11 is 0. The number of aromatic hydroxyl groups is 1. The van der Waals surface area contributed by atoms with E-state index in [0.717, 1.165) is 89.5 Å². The first-order valence-corrected chi connectivity index (χ1v) is 24.1. The van der Waals surface area contributed by atoms with Gasteiger partial charge in [0.05, 0.1) is 11.7 Å². The monoisotopic (exact) mass is 860 g/mol. The molecule has 10 rings (SSSR count). The Kier molecular flexibility index (Phi) is 10.8. The van der Waals surface area contributed by atoms with Crippen LogP contribution < -0.4 is 0 Å². The molecule has 4 aliphatic carbocycles. The van der Waals surface area contributed by atoms with Gasteiger partial charge >= 0.3 is 5.97 Å². The Bertz CT molecular complexity index is 2620. The van der Waals surface area contributed by atoms with Gasteiger partial charge in [0.1, 0.15) is 18.0 Å². The Hall–Kier alpha value is -5.07. The maximum atomic E-state index is 13.9. The number of carbonyl (C=O) groups excluding carboxylic acids is 2. The van der Waals surface area contributed by atoms with Crippen molar-refractivity contribution in [3.63, 3.8) is 0 Å². The molecule has 64 heavy (non-hydrogen) atoms. The third-order valence-electron chi connectivity index (χ3n) is 17.5. The number of phenols is 1. The maximum absolute atomic E-state index is 13.9. The molecule has 5 heterocycles. The number of nitrogens with one attached hydrogen (secondary N) is 1. The zero-order valence-corrected chi connectivity index (χ0v) is 38.6. The molecule has 8 bridgehead atoms. The molecule has 0 radical (unpaired) electrons. The minimum absolute atomic E-state index is 0.00391. The Morgan fingerprint density at radius 1 is 1.09 bits per heavy atom. The first kappa shape index (κ1) is 42.9. The van der Waals surface area contributed by atoms with E-state index in [1.165, 1.54) is 27.9 Å². The van der Waals surface area contributed by atoms with Crippen molar-refractivity contribution in [1.29, 1.82) is 0 Å². The van der Waals surface area contributed by atoms with Crippen LogP contribution in [0.15, 0.2) is 80.0 Å². The first-order chi connectivity index (χ1) is 30.7. The number of hydrogen-bond donors (Lipinski definition) is 3. The number of benzene rings is 1. The van der Waals surface area contributed by atoms with Crippen molar-refractivity contribution in [1.82, 2.24) is 4.98 Å². The van der Waals surface area contributed by atoms with Crippen LogP contribution in [0.4, 0.5) is 0 Å². The van der Waals surface area contributed by atoms with Crippen LogP contribution in [-0.4, -0.2) is 62.3 Å². The van der Waals surface area contributed by atoms with E-state index in [2.05, 4.69) is 77.1 Å². The molecule has 9 heteroatoms. The molecule has 2 aromatic rings. The molecule has 3 N–H and O–H groups in total. The lowest BCUT2D eigenvalue weighted by atomic mass is 9.53. The number of aliphatic imine (C=N–C) groups is 3. The fourth-order valence-electron chi connectivity index (χ4n) is 13.9. The van der Waals surface area contributed by atoms with E-state index in [4.69, 9.17) is 19.7 Å². The number of hydrogen-bond acceptors (Lipinski definition) is 8. The van der Waals surface area contributed by atoms with Gasteiger partial charge in [0.2, 0.25) is 0 Å². The minimum atomic E-state index is -1.06. The Morgan fingerprint density at radius 2 is 1.92 bits per heavy atom. The van der Waals surface area contributed by atoms with E-state index >= 15 is 0 Å². The van der Waals surface area contributed by atoms with Gasteiger partial charge in [-0.15, -0.1) is 6.58 Å². The van der Waals surface area contributed by atoms with E-state index in [0.29, 0.717) is 62.0 Å². The highest BCUT2D eigenvalue weighted by molar-refractivity contribution is 6.17. The highest BCUT2D eigenvalue weighted by atomic mass is 16.5. The number of aromatic nitrogens is 1. The number of carbonyl (C=O) groups is 2. The number of fused-ring (bicyclic) bond motifs is 10. The fourth-order valence-corrected chi connectivity index (χ4v) is 13.9. The third-order valence-corrected chi connectivity index (χ3v) is 17.5. The summed E-state index contributed by atoms with van der Waals surface area (Å²) < 4.78 is 5.81. The number of ether oxygens (including phenoxy) is 1. The zero-order chi connectivity index (χ0) is 44.8. The van der Waals surface area contributed by atoms with Gasteiger partial charge in [0, 0.05) is 101 Å². The van der Waals surface area contributed by atoms with Crippen LogP contribution in [0.3, 0.4) is 0 Å². The standard InChI is InChI=1S/C55H64N4O5/c1-8-35-29(3)43-26-45-31(5)37(52(58-45)41-25-49(61)51-32(6)46(59-53(41)51)28-48-36(9-2)30(4)44(57-48)27-47(35)56-43)16-17-50(62)64-23-11-10-20-55(63)22-19-42-40-14-12-33-24-34(60)13-15-38(33)39(40)18-21-54(42,55)7/h8,13,15,24,26,31,35,37,39-42,53,57,60,63H,1,9,11-12,14,16-19,21-23,25,27-28H2,2-7H3/t31-,35?,37-,39+,40+,41?,42-,53?,54-,55-/m0/s1. The third kappa shape index (κ3) is 6.79. The maximum Gasteiger partial charge on any atom is 0.305 e. The molecule has 0 amide bonds. The van der Waals surface area contributed by atoms with Crippen molar-refractivity contribution < 1.29 is 24.5 Å². The largest absolute Gasteiger partial charge is 0.508 e. The van der Waals surface area contributed by atoms with Gasteiger partial charge in [-0.2, -0.15) is 0 Å². The van der Waals surface area contributed by atoms with Crippen LogP contribution in [0.5, 0.6) is 5.75 Å². The van der Waals surface area contributed by atoms with E-state index in [9.17, 15) is 19.8 Å². The predicted octanol–water partition coefficient (Wildman–Crippen LogP) is 9.54. The molecule has 10 atom stereocenters. The molecular weight excluding hydrogens is 797 g/mol. The van der Waals surface area contributed by atoms with Crippen molar-refractivity contribution in [3.8, 4) is 17.6 Å². The van der Waals surface area contributed by atoms with E-state index < -0.39 is 5.60 Å². The summed E-state index contributed by atoms with van der Waals surface area (Å²) in [5, 5.41) is 22.2. The lowest BCUT2D eigenvalue weighted by Crippen LogP contribution is -2.50. The lowest BCUT2D eigenvalue weighted by molar-refractivity contribution is -0.143. The number of aromatic amines is 1. The average molecular weight is 861 g/mol. The zero-order valence-electron chi connectivity index (χ0n) is 38.6. The van der Waals surface area contributed by atoms with Crippen LogP contribution in [0.2, 0.25) is 0 Å². The lowest BCUT2D eigenvalue weighted by Gasteiger charge is -2.52. The highest BCUT2D eigenvalue weighted by Gasteiger charge is 2.61. The van der Waals surface area contributed by atoms with Crippen molar-refractivity contribution >= 4 is 28.9 Å². The number of nitrogens with zero attached hydrogens (tertiary/aromatic N) is 3. The first-order valence-electron chi connectivity index (χ1n) is 24.1. The van der Waals surface area contributed by atoms with Gasteiger partial charge < -0.3 is 19.9 Å². The number of esters is 1. The number of ketones is 1. The second-order valence-electron chi connectivity index (χ2n) is 20.5.